The molecule has 0 bridgehead atoms. The highest BCUT2D eigenvalue weighted by atomic mass is 35.5. The van der Waals surface area contributed by atoms with E-state index in [0.29, 0.717) is 37.6 Å². The Bertz CT molecular complexity index is 1200. The third-order valence-corrected chi connectivity index (χ3v) is 7.16. The van der Waals surface area contributed by atoms with Crippen molar-refractivity contribution in [3.8, 4) is 0 Å². The molecule has 1 aromatic heterocycles. The Kier molecular flexibility index (Phi) is 7.49. The van der Waals surface area contributed by atoms with Gasteiger partial charge < -0.3 is 20.4 Å². The summed E-state index contributed by atoms with van der Waals surface area (Å²) >= 11 is 6.07. The van der Waals surface area contributed by atoms with E-state index in [4.69, 9.17) is 11.6 Å². The number of carbonyl (C=O) groups is 2. The number of aromatic nitrogens is 1. The molecule has 0 spiro atoms. The van der Waals surface area contributed by atoms with Gasteiger partial charge in [0, 0.05) is 50.4 Å². The Morgan fingerprint density at radius 3 is 2.50 bits per heavy atom. The number of anilines is 1. The third-order valence-electron chi connectivity index (χ3n) is 6.90. The number of pyridine rings is 1. The number of benzene rings is 2. The molecule has 2 aromatic carbocycles. The zero-order chi connectivity index (χ0) is 24.9. The highest BCUT2D eigenvalue weighted by Gasteiger charge is 2.33. The van der Waals surface area contributed by atoms with Crippen molar-refractivity contribution in [1.29, 1.82) is 0 Å². The van der Waals surface area contributed by atoms with Crippen LogP contribution in [0.25, 0.3) is 0 Å². The Labute approximate surface area is 216 Å². The Hall–Kier alpha value is -3.42. The van der Waals surface area contributed by atoms with Crippen LogP contribution in [-0.2, 0) is 22.4 Å². The van der Waals surface area contributed by atoms with E-state index in [1.54, 1.807) is 6.20 Å². The van der Waals surface area contributed by atoms with E-state index in [9.17, 15) is 9.59 Å². The largest absolute Gasteiger partial charge is 0.353 e. The molecule has 2 atom stereocenters. The van der Waals surface area contributed by atoms with Crippen LogP contribution >= 0.6 is 11.6 Å². The fourth-order valence-corrected chi connectivity index (χ4v) is 5.09. The van der Waals surface area contributed by atoms with E-state index in [-0.39, 0.29) is 11.8 Å². The summed E-state index contributed by atoms with van der Waals surface area (Å²) in [5.41, 5.74) is 3.09. The first-order chi connectivity index (χ1) is 17.6. The van der Waals surface area contributed by atoms with E-state index < -0.39 is 12.1 Å². The number of carbonyl (C=O) groups excluding carboxylic acids is 2. The summed E-state index contributed by atoms with van der Waals surface area (Å²) in [7, 11) is 0. The van der Waals surface area contributed by atoms with Crippen molar-refractivity contribution in [2.24, 2.45) is 0 Å². The number of halogens is 1. The highest BCUT2D eigenvalue weighted by molar-refractivity contribution is 6.30. The number of nitrogens with one attached hydrogen (secondary N) is 2. The van der Waals surface area contributed by atoms with Crippen LogP contribution in [0.15, 0.2) is 72.9 Å². The van der Waals surface area contributed by atoms with E-state index >= 15 is 0 Å². The van der Waals surface area contributed by atoms with Crippen molar-refractivity contribution in [3.05, 3.63) is 94.6 Å². The number of hydrogen-bond acceptors (Lipinski definition) is 5. The summed E-state index contributed by atoms with van der Waals surface area (Å²) in [6.45, 7) is 3.27. The van der Waals surface area contributed by atoms with Crippen LogP contribution in [-0.4, -0.2) is 60.5 Å². The van der Waals surface area contributed by atoms with Crippen LogP contribution in [0.1, 0.15) is 22.7 Å². The van der Waals surface area contributed by atoms with Crippen LogP contribution in [0.3, 0.4) is 0 Å². The van der Waals surface area contributed by atoms with Gasteiger partial charge in [0.2, 0.25) is 11.8 Å². The van der Waals surface area contributed by atoms with Gasteiger partial charge in [-0.05, 0) is 47.4 Å². The standard InChI is InChI=1S/C28H30ClN5O2/c29-22-10-8-20(9-11-22)19-24(32-27(35)26-23-6-2-1-5-21(23)12-14-31-26)28(36)34-17-15-33(16-18-34)25-7-3-4-13-30-25/h1-11,13,24,26,31H,12,14-19H2,(H,32,35)/t24-,26?/m1/s1. The normalized spacial score (nSPS) is 18.3. The van der Waals surface area contributed by atoms with Gasteiger partial charge in [0.05, 0.1) is 0 Å². The SMILES string of the molecule is O=C(N[C@H](Cc1ccc(Cl)cc1)C(=O)N1CCN(c2ccccn2)CC1)C1NCCc2ccccc21. The smallest absolute Gasteiger partial charge is 0.245 e. The molecule has 1 fully saturated rings. The van der Waals surface area contributed by atoms with Crippen LogP contribution in [0.4, 0.5) is 5.82 Å². The lowest BCUT2D eigenvalue weighted by atomic mass is 9.93. The third kappa shape index (κ3) is 5.53. The van der Waals surface area contributed by atoms with Gasteiger partial charge >= 0.3 is 0 Å². The first-order valence-electron chi connectivity index (χ1n) is 12.4. The predicted octanol–water partition coefficient (Wildman–Crippen LogP) is 3.00. The molecule has 1 saturated heterocycles. The lowest BCUT2D eigenvalue weighted by molar-refractivity contribution is -0.137. The number of fused-ring (bicyclic) bond motifs is 1. The molecule has 0 radical (unpaired) electrons. The molecule has 3 heterocycles. The Morgan fingerprint density at radius 1 is 1.00 bits per heavy atom. The molecule has 8 heteroatoms. The zero-order valence-electron chi connectivity index (χ0n) is 20.1. The average molecular weight is 504 g/mol. The number of amides is 2. The molecular formula is C28H30ClN5O2. The monoisotopic (exact) mass is 503 g/mol. The quantitative estimate of drug-likeness (QED) is 0.541. The van der Waals surface area contributed by atoms with Crippen LogP contribution in [0, 0.1) is 0 Å². The van der Waals surface area contributed by atoms with Gasteiger partial charge in [-0.25, -0.2) is 4.98 Å². The predicted molar refractivity (Wildman–Crippen MR) is 141 cm³/mol. The molecule has 0 saturated carbocycles. The first kappa shape index (κ1) is 24.3. The molecule has 7 nitrogen and oxygen atoms in total. The van der Waals surface area contributed by atoms with Crippen molar-refractivity contribution < 1.29 is 9.59 Å². The summed E-state index contributed by atoms with van der Waals surface area (Å²) in [6.07, 6.45) is 3.06. The minimum Gasteiger partial charge on any atom is -0.353 e. The second kappa shape index (κ2) is 11.1. The summed E-state index contributed by atoms with van der Waals surface area (Å²) in [4.78, 5) is 35.6. The molecule has 36 heavy (non-hydrogen) atoms. The summed E-state index contributed by atoms with van der Waals surface area (Å²) in [6, 6.07) is 20.1. The Morgan fingerprint density at radius 2 is 1.75 bits per heavy atom. The molecule has 186 valence electrons. The maximum atomic E-state index is 13.7. The van der Waals surface area contributed by atoms with E-state index in [1.807, 2.05) is 65.6 Å². The molecule has 1 unspecified atom stereocenters. The average Bonchev–Trinajstić information content (AvgIpc) is 2.93. The number of nitrogens with zero attached hydrogens (tertiary/aromatic N) is 3. The summed E-state index contributed by atoms with van der Waals surface area (Å²) < 4.78 is 0. The minimum absolute atomic E-state index is 0.0666. The fourth-order valence-electron chi connectivity index (χ4n) is 4.97. The van der Waals surface area contributed by atoms with Crippen molar-refractivity contribution in [2.75, 3.05) is 37.6 Å². The van der Waals surface area contributed by atoms with E-state index in [1.165, 1.54) is 5.56 Å². The molecular weight excluding hydrogens is 474 g/mol. The zero-order valence-corrected chi connectivity index (χ0v) is 20.8. The molecule has 3 aromatic rings. The highest BCUT2D eigenvalue weighted by Crippen LogP contribution is 2.23. The number of hydrogen-bond donors (Lipinski definition) is 2. The van der Waals surface area contributed by atoms with Crippen LogP contribution < -0.4 is 15.5 Å². The van der Waals surface area contributed by atoms with Crippen molar-refractivity contribution in [2.45, 2.75) is 24.9 Å². The van der Waals surface area contributed by atoms with Gasteiger partial charge in [0.15, 0.2) is 0 Å². The van der Waals surface area contributed by atoms with Crippen LogP contribution in [0.2, 0.25) is 5.02 Å². The molecule has 0 aliphatic carbocycles. The second-order valence-corrected chi connectivity index (χ2v) is 9.66. The van der Waals surface area contributed by atoms with Gasteiger partial charge in [0.25, 0.3) is 0 Å². The molecule has 2 aliphatic rings. The molecule has 2 aliphatic heterocycles. The fraction of sp³-hybridized carbons (Fsp3) is 0.321. The van der Waals surface area contributed by atoms with Gasteiger partial charge in [-0.1, -0.05) is 54.1 Å². The maximum absolute atomic E-state index is 13.7. The topological polar surface area (TPSA) is 77.6 Å². The minimum atomic E-state index is -0.670. The van der Waals surface area contributed by atoms with Gasteiger partial charge in [-0.3, -0.25) is 9.59 Å². The summed E-state index contributed by atoms with van der Waals surface area (Å²) in [5, 5.41) is 7.04. The molecule has 2 N–H and O–H groups in total. The second-order valence-electron chi connectivity index (χ2n) is 9.23. The molecule has 2 amide bonds. The van der Waals surface area contributed by atoms with Crippen LogP contribution in [0.5, 0.6) is 0 Å². The van der Waals surface area contributed by atoms with E-state index in [2.05, 4.69) is 26.6 Å². The van der Waals surface area contributed by atoms with Crippen molar-refractivity contribution in [3.63, 3.8) is 0 Å². The Balaban J connectivity index is 1.31. The van der Waals surface area contributed by atoms with Crippen molar-refractivity contribution >= 4 is 29.2 Å². The lowest BCUT2D eigenvalue weighted by Crippen LogP contribution is -2.57. The number of piperazine rings is 1. The van der Waals surface area contributed by atoms with Gasteiger partial charge in [0.1, 0.15) is 17.9 Å². The van der Waals surface area contributed by atoms with Gasteiger partial charge in [-0.15, -0.1) is 0 Å². The van der Waals surface area contributed by atoms with Gasteiger partial charge in [-0.2, -0.15) is 0 Å². The lowest BCUT2D eigenvalue weighted by Gasteiger charge is -2.37. The number of rotatable bonds is 6. The van der Waals surface area contributed by atoms with Crippen molar-refractivity contribution in [1.82, 2.24) is 20.5 Å². The summed E-state index contributed by atoms with van der Waals surface area (Å²) in [5.74, 6) is 0.669. The first-order valence-corrected chi connectivity index (χ1v) is 12.8. The van der Waals surface area contributed by atoms with E-state index in [0.717, 1.165) is 29.9 Å². The maximum Gasteiger partial charge on any atom is 0.245 e. The molecule has 5 rings (SSSR count).